The van der Waals surface area contributed by atoms with Crippen molar-refractivity contribution in [2.75, 3.05) is 26.2 Å². The molecule has 1 fully saturated rings. The van der Waals surface area contributed by atoms with Gasteiger partial charge in [0.1, 0.15) is 10.9 Å². The maximum atomic E-state index is 13.0. The minimum atomic E-state index is -3.95. The topological polar surface area (TPSA) is 95.1 Å². The molecule has 0 N–H and O–H groups in total. The highest BCUT2D eigenvalue weighted by Gasteiger charge is 2.42. The molecule has 0 aliphatic carbocycles. The van der Waals surface area contributed by atoms with Gasteiger partial charge in [-0.1, -0.05) is 41.4 Å². The van der Waals surface area contributed by atoms with Crippen LogP contribution >= 0.6 is 23.2 Å². The maximum absolute atomic E-state index is 13.0. The molecule has 0 saturated carbocycles. The van der Waals surface area contributed by atoms with Crippen LogP contribution in [0.2, 0.25) is 10.0 Å². The summed E-state index contributed by atoms with van der Waals surface area (Å²) in [4.78, 5) is 40.6. The van der Waals surface area contributed by atoms with Crippen LogP contribution in [0, 0.1) is 0 Å². The second kappa shape index (κ2) is 8.47. The van der Waals surface area contributed by atoms with Gasteiger partial charge in [0.2, 0.25) is 15.9 Å². The zero-order valence-corrected chi connectivity index (χ0v) is 19.3. The summed E-state index contributed by atoms with van der Waals surface area (Å²) >= 11 is 12.1. The second-order valence-electron chi connectivity index (χ2n) is 7.48. The summed E-state index contributed by atoms with van der Waals surface area (Å²) in [7, 11) is -3.95. The maximum Gasteiger partial charge on any atom is 0.262 e. The van der Waals surface area contributed by atoms with Crippen molar-refractivity contribution in [2.24, 2.45) is 0 Å². The number of piperazine rings is 1. The number of benzene rings is 2. The van der Waals surface area contributed by atoms with Gasteiger partial charge in [-0.05, 0) is 31.2 Å². The molecule has 4 rings (SSSR count). The zero-order valence-electron chi connectivity index (χ0n) is 17.0. The van der Waals surface area contributed by atoms with Gasteiger partial charge in [0.05, 0.1) is 21.2 Å². The van der Waals surface area contributed by atoms with E-state index in [0.29, 0.717) is 0 Å². The van der Waals surface area contributed by atoms with Crippen molar-refractivity contribution >= 4 is 50.9 Å². The van der Waals surface area contributed by atoms with Crippen molar-refractivity contribution in [3.8, 4) is 0 Å². The summed E-state index contributed by atoms with van der Waals surface area (Å²) in [5.74, 6) is -1.45. The molecule has 1 saturated heterocycles. The van der Waals surface area contributed by atoms with E-state index in [2.05, 4.69) is 0 Å². The molecule has 2 heterocycles. The molecular weight excluding hydrogens is 477 g/mol. The molecule has 2 aliphatic heterocycles. The molecule has 0 radical (unpaired) electrons. The molecule has 11 heteroatoms. The lowest BCUT2D eigenvalue weighted by Gasteiger charge is -2.36. The van der Waals surface area contributed by atoms with Crippen LogP contribution in [0.15, 0.2) is 47.4 Å². The van der Waals surface area contributed by atoms with E-state index in [1.54, 1.807) is 30.3 Å². The minimum Gasteiger partial charge on any atom is -0.338 e. The summed E-state index contributed by atoms with van der Waals surface area (Å²) in [6.45, 7) is 1.77. The Morgan fingerprint density at radius 3 is 1.88 bits per heavy atom. The van der Waals surface area contributed by atoms with E-state index in [0.717, 1.165) is 4.90 Å². The van der Waals surface area contributed by atoms with Crippen LogP contribution in [0.4, 0.5) is 0 Å². The molecular formula is C21H19Cl2N3O5S. The largest absolute Gasteiger partial charge is 0.338 e. The molecule has 0 spiro atoms. The normalized spacial score (nSPS) is 18.1. The summed E-state index contributed by atoms with van der Waals surface area (Å²) in [6.07, 6.45) is 0. The number of nitrogens with zero attached hydrogens (tertiary/aromatic N) is 3. The lowest BCUT2D eigenvalue weighted by molar-refractivity contribution is -0.136. The average molecular weight is 496 g/mol. The number of halogens is 2. The number of sulfonamides is 1. The number of hydrogen-bond donors (Lipinski definition) is 0. The highest BCUT2D eigenvalue weighted by Crippen LogP contribution is 2.32. The molecule has 0 aromatic heterocycles. The van der Waals surface area contributed by atoms with Crippen LogP contribution in [0.3, 0.4) is 0 Å². The first-order valence-corrected chi connectivity index (χ1v) is 12.0. The summed E-state index contributed by atoms with van der Waals surface area (Å²) in [6, 6.07) is 9.86. The second-order valence-corrected chi connectivity index (χ2v) is 10.2. The Hall–Kier alpha value is -2.46. The Morgan fingerprint density at radius 2 is 1.38 bits per heavy atom. The van der Waals surface area contributed by atoms with Crippen molar-refractivity contribution in [3.63, 3.8) is 0 Å². The fraction of sp³-hybridized carbons (Fsp3) is 0.286. The van der Waals surface area contributed by atoms with Gasteiger partial charge in [0, 0.05) is 26.2 Å². The van der Waals surface area contributed by atoms with E-state index >= 15 is 0 Å². The highest BCUT2D eigenvalue weighted by molar-refractivity contribution is 7.89. The van der Waals surface area contributed by atoms with E-state index < -0.39 is 33.8 Å². The summed E-state index contributed by atoms with van der Waals surface area (Å²) in [5.41, 5.74) is 0.536. The van der Waals surface area contributed by atoms with Crippen LogP contribution in [-0.2, 0) is 14.8 Å². The number of carbonyl (C=O) groups excluding carboxylic acids is 3. The first kappa shape index (κ1) is 22.7. The number of imide groups is 1. The van der Waals surface area contributed by atoms with Gasteiger partial charge in [0.15, 0.2) is 0 Å². The average Bonchev–Trinajstić information content (AvgIpc) is 3.03. The highest BCUT2D eigenvalue weighted by atomic mass is 35.5. The van der Waals surface area contributed by atoms with E-state index in [4.69, 9.17) is 23.2 Å². The van der Waals surface area contributed by atoms with E-state index in [-0.39, 0.29) is 52.2 Å². The predicted octanol–water partition coefficient (Wildman–Crippen LogP) is 2.51. The summed E-state index contributed by atoms with van der Waals surface area (Å²) in [5, 5.41) is 0.0468. The van der Waals surface area contributed by atoms with Crippen LogP contribution in [0.1, 0.15) is 27.6 Å². The molecule has 8 nitrogen and oxygen atoms in total. The Kier molecular flexibility index (Phi) is 6.02. The minimum absolute atomic E-state index is 0.0234. The number of hydrogen-bond acceptors (Lipinski definition) is 5. The first-order valence-electron chi connectivity index (χ1n) is 9.84. The standard InChI is InChI=1S/C21H19Cl2N3O5S/c1-13(26-20(28)14-5-2-3-6-15(14)21(26)29)19(27)24-9-11-25(12-10-24)32(30,31)18-16(22)7-4-8-17(18)23/h2-8,13H,9-12H2,1H3. The number of amides is 3. The van der Waals surface area contributed by atoms with Crippen LogP contribution in [0.25, 0.3) is 0 Å². The molecule has 168 valence electrons. The Balaban J connectivity index is 1.46. The predicted molar refractivity (Wildman–Crippen MR) is 118 cm³/mol. The Morgan fingerprint density at radius 1 is 0.875 bits per heavy atom. The van der Waals surface area contributed by atoms with Crippen LogP contribution in [0.5, 0.6) is 0 Å². The fourth-order valence-corrected chi connectivity index (χ4v) is 6.45. The lowest BCUT2D eigenvalue weighted by Crippen LogP contribution is -2.56. The van der Waals surface area contributed by atoms with Crippen molar-refractivity contribution in [1.29, 1.82) is 0 Å². The fourth-order valence-electron chi connectivity index (χ4n) is 3.94. The van der Waals surface area contributed by atoms with Crippen molar-refractivity contribution in [2.45, 2.75) is 17.9 Å². The van der Waals surface area contributed by atoms with Gasteiger partial charge in [-0.3, -0.25) is 19.3 Å². The van der Waals surface area contributed by atoms with Gasteiger partial charge in [-0.25, -0.2) is 8.42 Å². The van der Waals surface area contributed by atoms with Gasteiger partial charge < -0.3 is 4.90 Å². The molecule has 2 aromatic carbocycles. The van der Waals surface area contributed by atoms with E-state index in [1.807, 2.05) is 0 Å². The molecule has 3 amide bonds. The molecule has 1 atom stereocenters. The van der Waals surface area contributed by atoms with Crippen LogP contribution in [-0.4, -0.2) is 72.5 Å². The third-order valence-corrected chi connectivity index (χ3v) is 8.49. The van der Waals surface area contributed by atoms with Gasteiger partial charge in [0.25, 0.3) is 11.8 Å². The van der Waals surface area contributed by atoms with Gasteiger partial charge in [-0.15, -0.1) is 0 Å². The zero-order chi connectivity index (χ0) is 23.2. The summed E-state index contributed by atoms with van der Waals surface area (Å²) < 4.78 is 27.3. The molecule has 2 aliphatic rings. The number of fused-ring (bicyclic) bond motifs is 1. The van der Waals surface area contributed by atoms with Crippen molar-refractivity contribution in [1.82, 2.24) is 14.1 Å². The quantitative estimate of drug-likeness (QED) is 0.607. The molecule has 1 unspecified atom stereocenters. The monoisotopic (exact) mass is 495 g/mol. The third kappa shape index (κ3) is 3.69. The first-order chi connectivity index (χ1) is 15.1. The number of carbonyl (C=O) groups is 3. The van der Waals surface area contributed by atoms with E-state index in [9.17, 15) is 22.8 Å². The van der Waals surface area contributed by atoms with Gasteiger partial charge in [-0.2, -0.15) is 4.31 Å². The van der Waals surface area contributed by atoms with Crippen LogP contribution < -0.4 is 0 Å². The molecule has 2 aromatic rings. The number of rotatable bonds is 4. The Labute approximate surface area is 195 Å². The lowest BCUT2D eigenvalue weighted by atomic mass is 10.1. The van der Waals surface area contributed by atoms with E-state index in [1.165, 1.54) is 28.3 Å². The SMILES string of the molecule is CC(C(=O)N1CCN(S(=O)(=O)c2c(Cl)cccc2Cl)CC1)N1C(=O)c2ccccc2C1=O. The molecule has 0 bridgehead atoms. The molecule has 32 heavy (non-hydrogen) atoms. The van der Waals surface area contributed by atoms with Crippen molar-refractivity contribution < 1.29 is 22.8 Å². The third-order valence-electron chi connectivity index (χ3n) is 5.64. The smallest absolute Gasteiger partial charge is 0.262 e. The van der Waals surface area contributed by atoms with Crippen molar-refractivity contribution in [3.05, 3.63) is 63.6 Å². The Bertz CT molecular complexity index is 1170. The van der Waals surface area contributed by atoms with Gasteiger partial charge >= 0.3 is 0 Å².